The highest BCUT2D eigenvalue weighted by Gasteiger charge is 1.68. The van der Waals surface area contributed by atoms with E-state index in [2.05, 4.69) is 19.6 Å². The summed E-state index contributed by atoms with van der Waals surface area (Å²) in [5.41, 5.74) is 4.50. The summed E-state index contributed by atoms with van der Waals surface area (Å²) >= 11 is 0. The lowest BCUT2D eigenvalue weighted by atomic mass is 10.3. The number of unbranched alkanes of at least 4 members (excludes halogenated alkanes) is 2. The van der Waals surface area contributed by atoms with Gasteiger partial charge in [0.05, 0.1) is 0 Å². The molecule has 11 heavy (non-hydrogen) atoms. The minimum Gasteiger partial charge on any atom is -0.333 e. The fourth-order valence-electron chi connectivity index (χ4n) is 0.354. The van der Waals surface area contributed by atoms with Crippen LogP contribution in [0.3, 0.4) is 0 Å². The first-order valence-electron chi connectivity index (χ1n) is 4.99. The second-order valence-corrected chi connectivity index (χ2v) is 1.35. The lowest BCUT2D eigenvalue weighted by Crippen LogP contribution is -1.69. The van der Waals surface area contributed by atoms with Crippen molar-refractivity contribution in [2.45, 2.75) is 60.8 Å². The Bertz CT molecular complexity index is 12.3. The van der Waals surface area contributed by atoms with Crippen LogP contribution in [0.25, 0.3) is 0 Å². The SMILES string of the molecule is CC.CC.CCCCC.CN. The molecule has 0 heterocycles. The van der Waals surface area contributed by atoms with Crippen LogP contribution in [0, 0.1) is 0 Å². The van der Waals surface area contributed by atoms with Gasteiger partial charge in [0.15, 0.2) is 0 Å². The zero-order valence-corrected chi connectivity index (χ0v) is 9.70. The summed E-state index contributed by atoms with van der Waals surface area (Å²) < 4.78 is 0. The predicted molar refractivity (Wildman–Crippen MR) is 58.0 cm³/mol. The molecule has 0 spiro atoms. The molecular weight excluding hydrogens is 134 g/mol. The second kappa shape index (κ2) is 91.3. The lowest BCUT2D eigenvalue weighted by molar-refractivity contribution is 0.772. The third kappa shape index (κ3) is 164. The molecule has 0 aromatic carbocycles. The zero-order chi connectivity index (χ0) is 10.1. The van der Waals surface area contributed by atoms with Gasteiger partial charge < -0.3 is 5.73 Å². The van der Waals surface area contributed by atoms with Gasteiger partial charge in [-0.15, -0.1) is 0 Å². The maximum absolute atomic E-state index is 4.50. The van der Waals surface area contributed by atoms with E-state index in [1.54, 1.807) is 0 Å². The van der Waals surface area contributed by atoms with E-state index in [0.717, 1.165) is 0 Å². The highest BCUT2D eigenvalue weighted by Crippen LogP contribution is 1.88. The summed E-state index contributed by atoms with van der Waals surface area (Å²) in [6.07, 6.45) is 4.08. The molecule has 0 aromatic heterocycles. The first-order valence-corrected chi connectivity index (χ1v) is 4.99. The Labute approximate surface area is 74.4 Å². The number of hydrogen-bond acceptors (Lipinski definition) is 1. The van der Waals surface area contributed by atoms with Gasteiger partial charge >= 0.3 is 0 Å². The fourth-order valence-corrected chi connectivity index (χ4v) is 0.354. The molecule has 1 nitrogen and oxygen atoms in total. The van der Waals surface area contributed by atoms with Crippen molar-refractivity contribution in [1.29, 1.82) is 0 Å². The molecule has 0 unspecified atom stereocenters. The van der Waals surface area contributed by atoms with Crippen LogP contribution in [0.15, 0.2) is 0 Å². The molecule has 0 aliphatic heterocycles. The molecule has 74 valence electrons. The predicted octanol–water partition coefficient (Wildman–Crippen LogP) is 3.82. The van der Waals surface area contributed by atoms with Gasteiger partial charge in [-0.1, -0.05) is 60.8 Å². The highest BCUT2D eigenvalue weighted by atomic mass is 14.4. The minimum atomic E-state index is 1.34. The van der Waals surface area contributed by atoms with Crippen LogP contribution >= 0.6 is 0 Å². The van der Waals surface area contributed by atoms with Crippen molar-refractivity contribution in [1.82, 2.24) is 0 Å². The van der Waals surface area contributed by atoms with Crippen molar-refractivity contribution >= 4 is 0 Å². The molecule has 0 radical (unpaired) electrons. The van der Waals surface area contributed by atoms with Crippen molar-refractivity contribution in [3.8, 4) is 0 Å². The summed E-state index contributed by atoms with van der Waals surface area (Å²) in [7, 11) is 1.50. The molecule has 0 aliphatic rings. The van der Waals surface area contributed by atoms with Gasteiger partial charge in [-0.2, -0.15) is 0 Å². The van der Waals surface area contributed by atoms with Gasteiger partial charge in [0.1, 0.15) is 0 Å². The Morgan fingerprint density at radius 3 is 0.909 bits per heavy atom. The first-order chi connectivity index (χ1) is 5.41. The van der Waals surface area contributed by atoms with Gasteiger partial charge in [0.2, 0.25) is 0 Å². The van der Waals surface area contributed by atoms with Gasteiger partial charge in [0.25, 0.3) is 0 Å². The van der Waals surface area contributed by atoms with Crippen molar-refractivity contribution in [2.24, 2.45) is 5.73 Å². The van der Waals surface area contributed by atoms with E-state index in [4.69, 9.17) is 0 Å². The molecule has 0 bridgehead atoms. The van der Waals surface area contributed by atoms with Gasteiger partial charge in [-0.3, -0.25) is 0 Å². The van der Waals surface area contributed by atoms with E-state index in [1.807, 2.05) is 27.7 Å². The standard InChI is InChI=1S/C5H12.2C2H6.CH5N/c1-3-5-4-2;3*1-2/h3-5H2,1-2H3;2*1-2H3;2H2,1H3. The topological polar surface area (TPSA) is 26.0 Å². The lowest BCUT2D eigenvalue weighted by Gasteiger charge is -1.79. The summed E-state index contributed by atoms with van der Waals surface area (Å²) in [4.78, 5) is 0. The Morgan fingerprint density at radius 1 is 0.727 bits per heavy atom. The number of nitrogens with two attached hydrogens (primary N) is 1. The summed E-state index contributed by atoms with van der Waals surface area (Å²) in [6.45, 7) is 12.4. The second-order valence-electron chi connectivity index (χ2n) is 1.35. The number of rotatable bonds is 2. The van der Waals surface area contributed by atoms with Crippen LogP contribution in [0.4, 0.5) is 0 Å². The zero-order valence-electron chi connectivity index (χ0n) is 9.70. The van der Waals surface area contributed by atoms with E-state index in [9.17, 15) is 0 Å². The molecule has 0 fully saturated rings. The molecule has 0 aliphatic carbocycles. The molecule has 1 heteroatoms. The van der Waals surface area contributed by atoms with E-state index >= 15 is 0 Å². The van der Waals surface area contributed by atoms with Crippen LogP contribution in [0.2, 0.25) is 0 Å². The molecule has 0 saturated heterocycles. The van der Waals surface area contributed by atoms with Crippen molar-refractivity contribution in [2.75, 3.05) is 7.05 Å². The molecule has 0 rings (SSSR count). The molecular formula is C10H29N. The van der Waals surface area contributed by atoms with E-state index in [0.29, 0.717) is 0 Å². The summed E-state index contributed by atoms with van der Waals surface area (Å²) in [6, 6.07) is 0. The van der Waals surface area contributed by atoms with Crippen molar-refractivity contribution < 1.29 is 0 Å². The fraction of sp³-hybridized carbons (Fsp3) is 1.00. The van der Waals surface area contributed by atoms with E-state index in [1.165, 1.54) is 26.3 Å². The van der Waals surface area contributed by atoms with Crippen molar-refractivity contribution in [3.05, 3.63) is 0 Å². The highest BCUT2D eigenvalue weighted by molar-refractivity contribution is 4.24. The van der Waals surface area contributed by atoms with Gasteiger partial charge in [-0.25, -0.2) is 0 Å². The van der Waals surface area contributed by atoms with E-state index in [-0.39, 0.29) is 0 Å². The first kappa shape index (κ1) is 22.4. The van der Waals surface area contributed by atoms with Crippen LogP contribution in [0.5, 0.6) is 0 Å². The third-order valence-electron chi connectivity index (χ3n) is 0.707. The molecule has 2 N–H and O–H groups in total. The van der Waals surface area contributed by atoms with Crippen LogP contribution in [-0.2, 0) is 0 Å². The number of hydrogen-bond donors (Lipinski definition) is 1. The Kier molecular flexibility index (Phi) is 186. The minimum absolute atomic E-state index is 1.34. The maximum Gasteiger partial charge on any atom is -0.0195 e. The molecule has 0 atom stereocenters. The Morgan fingerprint density at radius 2 is 0.909 bits per heavy atom. The normalized spacial score (nSPS) is 5.45. The third-order valence-corrected chi connectivity index (χ3v) is 0.707. The van der Waals surface area contributed by atoms with Gasteiger partial charge in [-0.05, 0) is 7.05 Å². The average Bonchev–Trinajstić information content (AvgIpc) is 2.16. The smallest absolute Gasteiger partial charge is 0.0195 e. The quantitative estimate of drug-likeness (QED) is 0.658. The van der Waals surface area contributed by atoms with Crippen LogP contribution in [0.1, 0.15) is 60.8 Å². The van der Waals surface area contributed by atoms with Crippen molar-refractivity contribution in [3.63, 3.8) is 0 Å². The monoisotopic (exact) mass is 163 g/mol. The van der Waals surface area contributed by atoms with Gasteiger partial charge in [0, 0.05) is 0 Å². The molecule has 0 saturated carbocycles. The average molecular weight is 163 g/mol. The Balaban J connectivity index is -0.0000000350. The molecule has 0 amide bonds. The summed E-state index contributed by atoms with van der Waals surface area (Å²) in [5, 5.41) is 0. The van der Waals surface area contributed by atoms with Crippen LogP contribution < -0.4 is 5.73 Å². The largest absolute Gasteiger partial charge is 0.333 e. The van der Waals surface area contributed by atoms with Crippen LogP contribution in [-0.4, -0.2) is 7.05 Å². The summed E-state index contributed by atoms with van der Waals surface area (Å²) in [5.74, 6) is 0. The van der Waals surface area contributed by atoms with E-state index < -0.39 is 0 Å². The molecule has 0 aromatic rings. The Hall–Kier alpha value is -0.0400. The maximum atomic E-state index is 4.50.